The Labute approximate surface area is 153 Å². The van der Waals surface area contributed by atoms with Gasteiger partial charge in [0.25, 0.3) is 0 Å². The smallest absolute Gasteiger partial charge is 0.0126 e. The second-order valence-electron chi connectivity index (χ2n) is 9.22. The van der Waals surface area contributed by atoms with E-state index in [0.717, 1.165) is 0 Å². The van der Waals surface area contributed by atoms with Crippen molar-refractivity contribution in [3.8, 4) is 0 Å². The van der Waals surface area contributed by atoms with Crippen LogP contribution in [0.15, 0.2) is 0 Å². The highest BCUT2D eigenvalue weighted by Gasteiger charge is 2.25. The molecule has 0 aromatic carbocycles. The molecule has 0 aliphatic carbocycles. The summed E-state index contributed by atoms with van der Waals surface area (Å²) in [5, 5.41) is 0. The largest absolute Gasteiger partial charge is 0.301 e. The third-order valence-electron chi connectivity index (χ3n) is 5.17. The van der Waals surface area contributed by atoms with Crippen molar-refractivity contribution >= 4 is 0 Å². The van der Waals surface area contributed by atoms with Crippen LogP contribution in [0.25, 0.3) is 0 Å². The highest BCUT2D eigenvalue weighted by atomic mass is 15.3. The van der Waals surface area contributed by atoms with Gasteiger partial charge in [-0.3, -0.25) is 9.80 Å². The van der Waals surface area contributed by atoms with Gasteiger partial charge in [0.1, 0.15) is 0 Å². The van der Waals surface area contributed by atoms with Gasteiger partial charge in [0.2, 0.25) is 0 Å². The molecule has 2 aliphatic rings. The minimum atomic E-state index is 0. The maximum absolute atomic E-state index is 2.58. The van der Waals surface area contributed by atoms with Crippen molar-refractivity contribution in [3.05, 3.63) is 0 Å². The number of likely N-dealkylation sites (tertiary alicyclic amines) is 1. The molecule has 0 saturated carbocycles. The van der Waals surface area contributed by atoms with Crippen LogP contribution in [0.2, 0.25) is 0 Å². The molecule has 0 atom stereocenters. The lowest BCUT2D eigenvalue weighted by molar-refractivity contribution is 0.0624. The second-order valence-corrected chi connectivity index (χ2v) is 9.22. The molecule has 2 rings (SSSR count). The molecular weight excluding hydrogens is 294 g/mol. The van der Waals surface area contributed by atoms with Gasteiger partial charge in [-0.1, -0.05) is 20.8 Å². The van der Waals surface area contributed by atoms with E-state index < -0.39 is 0 Å². The molecule has 0 radical (unpaired) electrons. The Morgan fingerprint density at radius 1 is 0.625 bits per heavy atom. The van der Waals surface area contributed by atoms with E-state index in [9.17, 15) is 0 Å². The van der Waals surface area contributed by atoms with E-state index in [-0.39, 0.29) is 7.43 Å². The van der Waals surface area contributed by atoms with Crippen LogP contribution in [0.5, 0.6) is 0 Å². The highest BCUT2D eigenvalue weighted by Crippen LogP contribution is 2.19. The van der Waals surface area contributed by atoms with Crippen LogP contribution in [0.4, 0.5) is 0 Å². The summed E-state index contributed by atoms with van der Waals surface area (Å²) in [6, 6.07) is 0. The molecule has 2 aliphatic heterocycles. The molecule has 0 amide bonds. The molecule has 2 saturated heterocycles. The number of piperidine rings is 1. The maximum Gasteiger partial charge on any atom is 0.0126 e. The lowest BCUT2D eigenvalue weighted by Crippen LogP contribution is -2.53. The maximum atomic E-state index is 2.58. The summed E-state index contributed by atoms with van der Waals surface area (Å²) in [5.41, 5.74) is 0.763. The summed E-state index contributed by atoms with van der Waals surface area (Å²) in [6.07, 6.45) is 5.52. The van der Waals surface area contributed by atoms with E-state index in [1.165, 1.54) is 71.5 Å². The van der Waals surface area contributed by atoms with Crippen molar-refractivity contribution in [1.82, 2.24) is 14.7 Å². The van der Waals surface area contributed by atoms with Crippen molar-refractivity contribution in [1.29, 1.82) is 0 Å². The summed E-state index contributed by atoms with van der Waals surface area (Å²) >= 11 is 0. The fraction of sp³-hybridized carbons (Fsp3) is 1.00. The Bertz CT molecular complexity index is 300. The zero-order chi connectivity index (χ0) is 17.5. The average Bonchev–Trinajstić information content (AvgIpc) is 2.48. The zero-order valence-corrected chi connectivity index (χ0v) is 17.1. The molecule has 0 N–H and O–H groups in total. The van der Waals surface area contributed by atoms with Gasteiger partial charge < -0.3 is 4.90 Å². The first-order chi connectivity index (χ1) is 10.6. The number of rotatable bonds is 2. The summed E-state index contributed by atoms with van der Waals surface area (Å²) in [4.78, 5) is 7.73. The summed E-state index contributed by atoms with van der Waals surface area (Å²) < 4.78 is 0. The van der Waals surface area contributed by atoms with Gasteiger partial charge in [-0.05, 0) is 80.4 Å². The van der Waals surface area contributed by atoms with E-state index in [4.69, 9.17) is 0 Å². The van der Waals surface area contributed by atoms with Gasteiger partial charge >= 0.3 is 0 Å². The van der Waals surface area contributed by atoms with E-state index in [1.54, 1.807) is 0 Å². The summed E-state index contributed by atoms with van der Waals surface area (Å²) in [7, 11) is 0. The van der Waals surface area contributed by atoms with Crippen molar-refractivity contribution in [2.24, 2.45) is 0 Å². The molecule has 0 bridgehead atoms. The highest BCUT2D eigenvalue weighted by molar-refractivity contribution is 4.81. The number of hydrogen-bond acceptors (Lipinski definition) is 3. The quantitative estimate of drug-likeness (QED) is 0.719. The minimum Gasteiger partial charge on any atom is -0.301 e. The third kappa shape index (κ3) is 8.82. The predicted molar refractivity (Wildman–Crippen MR) is 110 cm³/mol. The Kier molecular flexibility index (Phi) is 10.7. The molecule has 24 heavy (non-hydrogen) atoms. The molecule has 0 unspecified atom stereocenters. The van der Waals surface area contributed by atoms with Gasteiger partial charge in [0.05, 0.1) is 0 Å². The lowest BCUT2D eigenvalue weighted by Gasteiger charge is -2.42. The van der Waals surface area contributed by atoms with E-state index in [2.05, 4.69) is 63.2 Å². The van der Waals surface area contributed by atoms with Gasteiger partial charge in [-0.2, -0.15) is 0 Å². The SMILES string of the molecule is C.CC(C)(C)N1CCCCC1.CCCN1CCN(C(C)(C)C)CC1. The molecule has 2 heterocycles. The van der Waals surface area contributed by atoms with E-state index >= 15 is 0 Å². The molecule has 146 valence electrons. The van der Waals surface area contributed by atoms with Crippen LogP contribution in [0.3, 0.4) is 0 Å². The van der Waals surface area contributed by atoms with Crippen molar-refractivity contribution in [2.75, 3.05) is 45.8 Å². The van der Waals surface area contributed by atoms with Gasteiger partial charge in [0.15, 0.2) is 0 Å². The van der Waals surface area contributed by atoms with Crippen LogP contribution in [0, 0.1) is 0 Å². The molecule has 3 heteroatoms. The van der Waals surface area contributed by atoms with Crippen LogP contribution in [0.1, 0.15) is 81.6 Å². The number of piperazine rings is 1. The topological polar surface area (TPSA) is 9.72 Å². The van der Waals surface area contributed by atoms with Crippen molar-refractivity contribution in [2.45, 2.75) is 92.7 Å². The van der Waals surface area contributed by atoms with Crippen LogP contribution in [-0.2, 0) is 0 Å². The molecule has 2 fully saturated rings. The van der Waals surface area contributed by atoms with Crippen LogP contribution in [-0.4, -0.2) is 71.6 Å². The van der Waals surface area contributed by atoms with Crippen molar-refractivity contribution in [3.63, 3.8) is 0 Å². The first-order valence-electron chi connectivity index (χ1n) is 9.87. The second kappa shape index (κ2) is 10.8. The lowest BCUT2D eigenvalue weighted by atomic mass is 10.0. The Morgan fingerprint density at radius 3 is 1.38 bits per heavy atom. The molecule has 0 aromatic heterocycles. The zero-order valence-electron chi connectivity index (χ0n) is 17.1. The first-order valence-corrected chi connectivity index (χ1v) is 9.87. The first kappa shape index (κ1) is 23.9. The monoisotopic (exact) mass is 341 g/mol. The van der Waals surface area contributed by atoms with Gasteiger partial charge in [0, 0.05) is 37.3 Å². The Balaban J connectivity index is 0.000000436. The standard InChI is InChI=1S/C11H24N2.C9H19N.CH4/c1-5-6-12-7-9-13(10-8-12)11(2,3)4;1-9(2,3)10-7-5-4-6-8-10;/h5-10H2,1-4H3;4-8H2,1-3H3;1H4. The van der Waals surface area contributed by atoms with E-state index in [0.29, 0.717) is 11.1 Å². The average molecular weight is 342 g/mol. The third-order valence-corrected chi connectivity index (χ3v) is 5.17. The van der Waals surface area contributed by atoms with Crippen LogP contribution >= 0.6 is 0 Å². The fourth-order valence-corrected chi connectivity index (χ4v) is 3.52. The van der Waals surface area contributed by atoms with Gasteiger partial charge in [-0.25, -0.2) is 0 Å². The Morgan fingerprint density at radius 2 is 1.04 bits per heavy atom. The normalized spacial score (nSPS) is 21.6. The molecule has 0 aromatic rings. The molecular formula is C21H47N3. The van der Waals surface area contributed by atoms with Crippen LogP contribution < -0.4 is 0 Å². The van der Waals surface area contributed by atoms with Crippen molar-refractivity contribution < 1.29 is 0 Å². The van der Waals surface area contributed by atoms with E-state index in [1.807, 2.05) is 0 Å². The molecule has 0 spiro atoms. The number of nitrogens with zero attached hydrogens (tertiary/aromatic N) is 3. The van der Waals surface area contributed by atoms with Gasteiger partial charge in [-0.15, -0.1) is 0 Å². The predicted octanol–water partition coefficient (Wildman–Crippen LogP) is 4.72. The Hall–Kier alpha value is -0.120. The summed E-state index contributed by atoms with van der Waals surface area (Å²) in [6.45, 7) is 25.0. The molecule has 3 nitrogen and oxygen atoms in total. The fourth-order valence-electron chi connectivity index (χ4n) is 3.52. The number of hydrogen-bond donors (Lipinski definition) is 0. The minimum absolute atomic E-state index is 0. The summed E-state index contributed by atoms with van der Waals surface area (Å²) in [5.74, 6) is 0.